The van der Waals surface area contributed by atoms with E-state index in [0.717, 1.165) is 41.7 Å². The highest BCUT2D eigenvalue weighted by Gasteiger charge is 2.35. The summed E-state index contributed by atoms with van der Waals surface area (Å²) in [7, 11) is 0.453. The van der Waals surface area contributed by atoms with E-state index in [-0.39, 0.29) is 17.3 Å². The van der Waals surface area contributed by atoms with Gasteiger partial charge in [-0.25, -0.2) is 19.2 Å². The predicted molar refractivity (Wildman–Crippen MR) is 168 cm³/mol. The maximum atomic E-state index is 13.8. The second-order valence-electron chi connectivity index (χ2n) is 11.1. The van der Waals surface area contributed by atoms with E-state index in [2.05, 4.69) is 25.8 Å². The van der Waals surface area contributed by atoms with Gasteiger partial charge in [-0.05, 0) is 49.5 Å². The third-order valence-electron chi connectivity index (χ3n) is 8.30. The molecule has 0 saturated carbocycles. The zero-order chi connectivity index (χ0) is 31.1. The smallest absolute Gasteiger partial charge is 0.255 e. The number of hydrazine groups is 1. The number of pyridine rings is 2. The maximum Gasteiger partial charge on any atom is 0.255 e. The number of aryl methyl sites for hydroxylation is 1. The predicted octanol–water partition coefficient (Wildman–Crippen LogP) is 2.59. The van der Waals surface area contributed by atoms with E-state index < -0.39 is 22.8 Å². The molecule has 3 aliphatic heterocycles. The van der Waals surface area contributed by atoms with Gasteiger partial charge in [0.05, 0.1) is 47.3 Å². The molecule has 0 aromatic carbocycles. The van der Waals surface area contributed by atoms with Crippen molar-refractivity contribution < 1.29 is 18.8 Å². The van der Waals surface area contributed by atoms with Crippen molar-refractivity contribution in [3.63, 3.8) is 0 Å². The summed E-state index contributed by atoms with van der Waals surface area (Å²) in [6.45, 7) is 1.66. The lowest BCUT2D eigenvalue weighted by atomic mass is 9.93. The number of allylic oxidation sites excluding steroid dienone is 3. The van der Waals surface area contributed by atoms with Crippen molar-refractivity contribution in [1.82, 2.24) is 30.1 Å². The van der Waals surface area contributed by atoms with Crippen molar-refractivity contribution in [3.8, 4) is 11.3 Å². The van der Waals surface area contributed by atoms with Crippen LogP contribution in [0, 0.1) is 0 Å². The molecule has 1 amide bonds. The number of rotatable bonds is 6. The van der Waals surface area contributed by atoms with Gasteiger partial charge in [-0.3, -0.25) is 19.7 Å². The quantitative estimate of drug-likeness (QED) is 0.369. The highest BCUT2D eigenvalue weighted by molar-refractivity contribution is 7.93. The Kier molecular flexibility index (Phi) is 7.77. The molecule has 3 aromatic heterocycles. The Bertz CT molecular complexity index is 1860. The van der Waals surface area contributed by atoms with Gasteiger partial charge in [-0.15, -0.1) is 0 Å². The number of nitrogens with zero attached hydrogens (tertiary/aromatic N) is 6. The highest BCUT2D eigenvalue weighted by Crippen LogP contribution is 2.45. The van der Waals surface area contributed by atoms with Gasteiger partial charge in [0, 0.05) is 66.5 Å². The van der Waals surface area contributed by atoms with Crippen LogP contribution < -0.4 is 21.2 Å². The molecule has 1 unspecified atom stereocenters. The number of carbonyl (C=O) groups is 1. The summed E-state index contributed by atoms with van der Waals surface area (Å²) in [6.07, 6.45) is 12.0. The molecule has 4 aliphatic rings. The summed E-state index contributed by atoms with van der Waals surface area (Å²) in [5.41, 5.74) is 6.49. The number of amides is 1. The Labute approximate surface area is 261 Å². The molecule has 13 nitrogen and oxygen atoms in total. The molecule has 3 N–H and O–H groups in total. The molecule has 1 fully saturated rings. The Morgan fingerprint density at radius 1 is 1.16 bits per heavy atom. The van der Waals surface area contributed by atoms with E-state index in [4.69, 9.17) is 4.74 Å². The number of fused-ring (bicyclic) bond motifs is 2. The molecule has 1 atom stereocenters. The number of carbonyl (C=O) groups excluding carboxylic acids is 1. The van der Waals surface area contributed by atoms with Crippen LogP contribution >= 0.6 is 0 Å². The Morgan fingerprint density at radius 2 is 1.98 bits per heavy atom. The normalized spacial score (nSPS) is 19.4. The second-order valence-corrected chi connectivity index (χ2v) is 12.6. The molecule has 0 radical (unpaired) electrons. The summed E-state index contributed by atoms with van der Waals surface area (Å²) in [6, 6.07) is 4.95. The Balaban J connectivity index is 1.17. The van der Waals surface area contributed by atoms with Crippen molar-refractivity contribution in [1.29, 1.82) is 0 Å². The summed E-state index contributed by atoms with van der Waals surface area (Å²) in [4.78, 5) is 38.9. The number of nitrogens with one attached hydrogen (secondary N) is 2. The van der Waals surface area contributed by atoms with Crippen LogP contribution in [0.25, 0.3) is 11.3 Å². The first-order valence-electron chi connectivity index (χ1n) is 14.8. The maximum absolute atomic E-state index is 13.8. The molecule has 14 heteroatoms. The van der Waals surface area contributed by atoms with Gasteiger partial charge in [0.15, 0.2) is 5.82 Å². The monoisotopic (exact) mass is 628 g/mol. The van der Waals surface area contributed by atoms with E-state index in [9.17, 15) is 18.9 Å². The van der Waals surface area contributed by atoms with Gasteiger partial charge in [-0.2, -0.15) is 5.10 Å². The number of anilines is 3. The van der Waals surface area contributed by atoms with Crippen molar-refractivity contribution in [2.75, 3.05) is 36.6 Å². The van der Waals surface area contributed by atoms with Crippen molar-refractivity contribution in [2.45, 2.75) is 32.3 Å². The van der Waals surface area contributed by atoms with Crippen LogP contribution in [0.5, 0.6) is 0 Å². The SMILES string of the molecule is Cn1cc(Nc2ccc(C(=O)N3CCOCC3)cn2)c(=O)c(-c2ccnc(N3C=C4C(=CN3)C3=C(CCCC3)S4=O)c2CO)n1. The lowest BCUT2D eigenvalue weighted by Crippen LogP contribution is -2.40. The summed E-state index contributed by atoms with van der Waals surface area (Å²) in [5.74, 6) is 0.627. The van der Waals surface area contributed by atoms with Gasteiger partial charge >= 0.3 is 0 Å². The third kappa shape index (κ3) is 5.34. The first-order chi connectivity index (χ1) is 21.9. The largest absolute Gasteiger partial charge is 0.392 e. The number of ether oxygens (including phenoxy) is 1. The van der Waals surface area contributed by atoms with Crippen LogP contribution in [-0.2, 0) is 29.2 Å². The fraction of sp³-hybridized carbons (Fsp3) is 0.323. The minimum atomic E-state index is -1.24. The first kappa shape index (κ1) is 29.1. The fourth-order valence-electron chi connectivity index (χ4n) is 6.05. The minimum absolute atomic E-state index is 0.108. The first-order valence-corrected chi connectivity index (χ1v) is 16.0. The number of hydrogen-bond acceptors (Lipinski definition) is 11. The standard InChI is InChI=1S/C31H32N8O5S/c1-37-16-24(35-27-7-6-19(14-33-27)31(42)38-10-12-44-13-11-38)29(41)28(36-37)21-8-9-32-30(23(21)18-40)39-17-26-22(15-34-39)20-4-2-3-5-25(20)45(26)43/h6-9,14-17,34,40H,2-5,10-13,18H2,1H3,(H,33,35). The zero-order valence-corrected chi connectivity index (χ0v) is 25.5. The van der Waals surface area contributed by atoms with Crippen LogP contribution in [0.3, 0.4) is 0 Å². The molecule has 1 saturated heterocycles. The van der Waals surface area contributed by atoms with E-state index in [1.807, 2.05) is 6.20 Å². The van der Waals surface area contributed by atoms with Gasteiger partial charge in [0.1, 0.15) is 17.2 Å². The summed E-state index contributed by atoms with van der Waals surface area (Å²) in [5, 5.41) is 19.7. The molecule has 232 valence electrons. The van der Waals surface area contributed by atoms with E-state index in [1.165, 1.54) is 10.9 Å². The second kappa shape index (κ2) is 12.0. The van der Waals surface area contributed by atoms with Gasteiger partial charge < -0.3 is 20.1 Å². The molecule has 7 rings (SSSR count). The highest BCUT2D eigenvalue weighted by atomic mass is 32.2. The molecule has 0 bridgehead atoms. The van der Waals surface area contributed by atoms with Gasteiger partial charge in [-0.1, -0.05) is 0 Å². The molecule has 6 heterocycles. The number of aliphatic hydroxyl groups excluding tert-OH is 1. The van der Waals surface area contributed by atoms with Crippen molar-refractivity contribution in [2.24, 2.45) is 7.05 Å². The van der Waals surface area contributed by atoms with Gasteiger partial charge in [0.25, 0.3) is 5.91 Å². The van der Waals surface area contributed by atoms with Crippen LogP contribution in [0.1, 0.15) is 41.6 Å². The van der Waals surface area contributed by atoms with Crippen molar-refractivity contribution >= 4 is 34.0 Å². The zero-order valence-electron chi connectivity index (χ0n) is 24.7. The Hall–Kier alpha value is -4.66. The van der Waals surface area contributed by atoms with E-state index in [1.54, 1.807) is 53.7 Å². The average Bonchev–Trinajstić information content (AvgIpc) is 3.37. The number of morpholine rings is 1. The van der Waals surface area contributed by atoms with Crippen LogP contribution in [-0.4, -0.2) is 66.2 Å². The fourth-order valence-corrected chi connectivity index (χ4v) is 7.67. The van der Waals surface area contributed by atoms with Crippen LogP contribution in [0.4, 0.5) is 17.3 Å². The molecular weight excluding hydrogens is 596 g/mol. The summed E-state index contributed by atoms with van der Waals surface area (Å²) < 4.78 is 20.1. The molecule has 45 heavy (non-hydrogen) atoms. The topological polar surface area (TPSA) is 155 Å². The summed E-state index contributed by atoms with van der Waals surface area (Å²) >= 11 is 0. The minimum Gasteiger partial charge on any atom is -0.392 e. The van der Waals surface area contributed by atoms with E-state index >= 15 is 0 Å². The number of aromatic nitrogens is 4. The molecule has 1 aliphatic carbocycles. The van der Waals surface area contributed by atoms with Crippen LogP contribution in [0.2, 0.25) is 0 Å². The van der Waals surface area contributed by atoms with Crippen LogP contribution in [0.15, 0.2) is 74.9 Å². The van der Waals surface area contributed by atoms with E-state index in [0.29, 0.717) is 59.5 Å². The lowest BCUT2D eigenvalue weighted by Gasteiger charge is -2.27. The molecular formula is C31H32N8O5S. The lowest BCUT2D eigenvalue weighted by molar-refractivity contribution is 0.0302. The third-order valence-corrected chi connectivity index (χ3v) is 9.93. The molecule has 3 aromatic rings. The Morgan fingerprint density at radius 3 is 2.76 bits per heavy atom. The van der Waals surface area contributed by atoms with Crippen molar-refractivity contribution in [3.05, 3.63) is 91.5 Å². The number of aliphatic hydroxyl groups is 1. The molecule has 0 spiro atoms. The van der Waals surface area contributed by atoms with Gasteiger partial charge in [0.2, 0.25) is 5.43 Å². The average molecular weight is 629 g/mol. The number of hydrogen-bond donors (Lipinski definition) is 3.